The molecule has 3 aromatic heterocycles. The highest BCUT2D eigenvalue weighted by Crippen LogP contribution is 2.37. The number of fused-ring (bicyclic) bond motifs is 1. The van der Waals surface area contributed by atoms with Crippen molar-refractivity contribution in [1.82, 2.24) is 29.0 Å². The molecule has 9 nitrogen and oxygen atoms in total. The van der Waals surface area contributed by atoms with Gasteiger partial charge >= 0.3 is 6.18 Å². The molecule has 1 aromatic carbocycles. The second-order valence-corrected chi connectivity index (χ2v) is 9.73. The number of terminal acetylenes is 1. The Labute approximate surface area is 229 Å². The number of rotatable bonds is 7. The van der Waals surface area contributed by atoms with E-state index in [1.54, 1.807) is 12.1 Å². The van der Waals surface area contributed by atoms with Crippen molar-refractivity contribution in [2.45, 2.75) is 38.9 Å². The highest BCUT2D eigenvalue weighted by atomic mass is 19.4. The quantitative estimate of drug-likeness (QED) is 0.331. The minimum absolute atomic E-state index is 0.00264. The van der Waals surface area contributed by atoms with E-state index in [-0.39, 0.29) is 23.7 Å². The molecule has 0 radical (unpaired) electrons. The minimum atomic E-state index is -4.68. The van der Waals surface area contributed by atoms with Crippen LogP contribution in [0.15, 0.2) is 43.0 Å². The Morgan fingerprint density at radius 1 is 1.25 bits per heavy atom. The Balaban J connectivity index is 1.43. The molecule has 1 amide bonds. The number of carbonyl (C=O) groups is 1. The molecule has 1 aliphatic heterocycles. The maximum atomic E-state index is 13.8. The predicted molar refractivity (Wildman–Crippen MR) is 145 cm³/mol. The van der Waals surface area contributed by atoms with Gasteiger partial charge in [0, 0.05) is 42.9 Å². The molecule has 40 heavy (non-hydrogen) atoms. The Hall–Kier alpha value is -4.37. The van der Waals surface area contributed by atoms with Gasteiger partial charge in [-0.05, 0) is 55.5 Å². The van der Waals surface area contributed by atoms with Gasteiger partial charge in [0.25, 0.3) is 5.91 Å². The van der Waals surface area contributed by atoms with Crippen LogP contribution >= 0.6 is 0 Å². The second-order valence-electron chi connectivity index (χ2n) is 9.73. The summed E-state index contributed by atoms with van der Waals surface area (Å²) in [5.74, 6) is 3.11. The van der Waals surface area contributed by atoms with Crippen LogP contribution in [-0.4, -0.2) is 54.6 Å². The number of benzene rings is 1. The fourth-order valence-corrected chi connectivity index (χ4v) is 5.05. The van der Waals surface area contributed by atoms with E-state index in [1.807, 2.05) is 17.9 Å². The lowest BCUT2D eigenvalue weighted by atomic mass is 9.95. The van der Waals surface area contributed by atoms with Gasteiger partial charge < -0.3 is 16.0 Å². The van der Waals surface area contributed by atoms with E-state index in [0.717, 1.165) is 23.1 Å². The van der Waals surface area contributed by atoms with Gasteiger partial charge in [0.1, 0.15) is 6.54 Å². The zero-order chi connectivity index (χ0) is 28.4. The van der Waals surface area contributed by atoms with Gasteiger partial charge in [-0.25, -0.2) is 9.97 Å². The number of carbonyl (C=O) groups excluding carboxylic acids is 1. The molecule has 4 aromatic rings. The zero-order valence-corrected chi connectivity index (χ0v) is 21.9. The first-order chi connectivity index (χ1) is 19.2. The first kappa shape index (κ1) is 27.2. The van der Waals surface area contributed by atoms with Gasteiger partial charge in [0.2, 0.25) is 0 Å². The first-order valence-electron chi connectivity index (χ1n) is 13.0. The number of alkyl halides is 3. The average Bonchev–Trinajstić information content (AvgIpc) is 3.58. The maximum Gasteiger partial charge on any atom is 0.435 e. The van der Waals surface area contributed by atoms with Gasteiger partial charge in [-0.15, -0.1) is 6.42 Å². The lowest BCUT2D eigenvalue weighted by Gasteiger charge is -2.32. The number of aryl methyl sites for hydroxylation is 1. The molecule has 4 heterocycles. The summed E-state index contributed by atoms with van der Waals surface area (Å²) in [4.78, 5) is 23.8. The van der Waals surface area contributed by atoms with E-state index < -0.39 is 11.9 Å². The zero-order valence-electron chi connectivity index (χ0n) is 21.9. The second kappa shape index (κ2) is 11.0. The molecule has 0 spiro atoms. The average molecular weight is 551 g/mol. The van der Waals surface area contributed by atoms with Gasteiger partial charge in [-0.3, -0.25) is 13.9 Å². The normalized spacial score (nSPS) is 14.4. The number of hydrogen-bond donors (Lipinski definition) is 2. The summed E-state index contributed by atoms with van der Waals surface area (Å²) >= 11 is 0. The third-order valence-corrected chi connectivity index (χ3v) is 7.20. The molecule has 208 valence electrons. The molecule has 0 unspecified atom stereocenters. The number of halogens is 3. The maximum absolute atomic E-state index is 13.8. The van der Waals surface area contributed by atoms with Crippen LogP contribution in [0.2, 0.25) is 0 Å². The number of nitrogens with two attached hydrogens (primary N) is 1. The highest BCUT2D eigenvalue weighted by Gasteiger charge is 2.38. The fraction of sp³-hybridized carbons (Fsp3) is 0.357. The van der Waals surface area contributed by atoms with E-state index in [1.165, 1.54) is 29.2 Å². The van der Waals surface area contributed by atoms with Crippen molar-refractivity contribution >= 4 is 23.1 Å². The standard InChI is InChI=1S/C28H29F3N8O/c1-3-10-38-17-22(24(36-38)28(29,30)31)23-16-34-26-25(33-9-13-39(23)26)35-20-5-6-21(19(4-2)14-20)27(40)37-11-7-18(15-32)8-12-37/h1,5-6,9,13-14,16-18H,4,7-8,10-12,15,32H2,2H3,(H,33,35). The Bertz CT molecular complexity index is 1570. The summed E-state index contributed by atoms with van der Waals surface area (Å²) in [5, 5.41) is 6.86. The number of amides is 1. The predicted octanol–water partition coefficient (Wildman–Crippen LogP) is 4.36. The molecular formula is C28H29F3N8O. The monoisotopic (exact) mass is 550 g/mol. The molecule has 0 bridgehead atoms. The van der Waals surface area contributed by atoms with Crippen LogP contribution in [0.3, 0.4) is 0 Å². The van der Waals surface area contributed by atoms with E-state index in [2.05, 4.69) is 26.3 Å². The number of nitrogens with zero attached hydrogens (tertiary/aromatic N) is 6. The number of likely N-dealkylation sites (tertiary alicyclic amines) is 1. The summed E-state index contributed by atoms with van der Waals surface area (Å²) in [6.45, 7) is 3.90. The molecule has 1 fully saturated rings. The lowest BCUT2D eigenvalue weighted by Crippen LogP contribution is -2.40. The Morgan fingerprint density at radius 2 is 2.02 bits per heavy atom. The Morgan fingerprint density at radius 3 is 2.70 bits per heavy atom. The van der Waals surface area contributed by atoms with E-state index in [4.69, 9.17) is 12.2 Å². The number of anilines is 2. The molecule has 1 aliphatic rings. The van der Waals surface area contributed by atoms with Crippen molar-refractivity contribution in [3.05, 3.63) is 59.8 Å². The van der Waals surface area contributed by atoms with Crippen molar-refractivity contribution < 1.29 is 18.0 Å². The van der Waals surface area contributed by atoms with Crippen molar-refractivity contribution in [2.24, 2.45) is 11.7 Å². The Kier molecular flexibility index (Phi) is 7.49. The molecule has 0 atom stereocenters. The number of nitrogens with one attached hydrogen (secondary N) is 1. The van der Waals surface area contributed by atoms with E-state index in [9.17, 15) is 18.0 Å². The van der Waals surface area contributed by atoms with Crippen molar-refractivity contribution in [3.8, 4) is 23.6 Å². The van der Waals surface area contributed by atoms with Crippen LogP contribution in [0.4, 0.5) is 24.7 Å². The van der Waals surface area contributed by atoms with Crippen molar-refractivity contribution in [3.63, 3.8) is 0 Å². The van der Waals surface area contributed by atoms with Crippen LogP contribution in [0.25, 0.3) is 16.9 Å². The summed E-state index contributed by atoms with van der Waals surface area (Å²) in [6, 6.07) is 5.48. The molecule has 5 rings (SSSR count). The van der Waals surface area contributed by atoms with Crippen LogP contribution in [-0.2, 0) is 19.1 Å². The summed E-state index contributed by atoms with van der Waals surface area (Å²) < 4.78 is 43.9. The van der Waals surface area contributed by atoms with E-state index in [0.29, 0.717) is 54.7 Å². The minimum Gasteiger partial charge on any atom is -0.339 e. The van der Waals surface area contributed by atoms with Gasteiger partial charge in [0.15, 0.2) is 17.2 Å². The number of imidazole rings is 1. The van der Waals surface area contributed by atoms with Gasteiger partial charge in [-0.1, -0.05) is 12.8 Å². The third-order valence-electron chi connectivity index (χ3n) is 7.20. The number of piperidine rings is 1. The van der Waals surface area contributed by atoms with Gasteiger partial charge in [-0.2, -0.15) is 18.3 Å². The molecule has 12 heteroatoms. The van der Waals surface area contributed by atoms with Crippen LogP contribution < -0.4 is 11.1 Å². The number of hydrogen-bond acceptors (Lipinski definition) is 6. The lowest BCUT2D eigenvalue weighted by molar-refractivity contribution is -0.141. The fourth-order valence-electron chi connectivity index (χ4n) is 5.05. The van der Waals surface area contributed by atoms with Crippen molar-refractivity contribution in [1.29, 1.82) is 0 Å². The van der Waals surface area contributed by atoms with E-state index >= 15 is 0 Å². The van der Waals surface area contributed by atoms with Crippen LogP contribution in [0.1, 0.15) is 41.4 Å². The largest absolute Gasteiger partial charge is 0.435 e. The number of aromatic nitrogens is 5. The molecule has 0 aliphatic carbocycles. The molecular weight excluding hydrogens is 521 g/mol. The summed E-state index contributed by atoms with van der Waals surface area (Å²) in [6.07, 6.45) is 8.67. The van der Waals surface area contributed by atoms with Crippen LogP contribution in [0.5, 0.6) is 0 Å². The topological polar surface area (TPSA) is 106 Å². The van der Waals surface area contributed by atoms with Crippen molar-refractivity contribution in [2.75, 3.05) is 25.0 Å². The molecule has 0 saturated carbocycles. The summed E-state index contributed by atoms with van der Waals surface area (Å²) in [7, 11) is 0. The highest BCUT2D eigenvalue weighted by molar-refractivity contribution is 5.96. The smallest absolute Gasteiger partial charge is 0.339 e. The SMILES string of the molecule is C#CCn1cc(-c2cnc3c(Nc4ccc(C(=O)N5CCC(CN)CC5)c(CC)c4)nccn23)c(C(F)(F)F)n1. The molecule has 3 N–H and O–H groups in total. The third kappa shape index (κ3) is 5.24. The summed E-state index contributed by atoms with van der Waals surface area (Å²) in [5.41, 5.74) is 7.34. The first-order valence-corrected chi connectivity index (χ1v) is 13.0. The van der Waals surface area contributed by atoms with Gasteiger partial charge in [0.05, 0.1) is 17.5 Å². The van der Waals surface area contributed by atoms with Crippen LogP contribution in [0, 0.1) is 18.3 Å². The molecule has 1 saturated heterocycles.